The van der Waals surface area contributed by atoms with Gasteiger partial charge in [0, 0.05) is 38.8 Å². The largest absolute Gasteiger partial charge is 0.492 e. The van der Waals surface area contributed by atoms with Crippen LogP contribution in [0.25, 0.3) is 0 Å². The molecule has 1 atom stereocenters. The van der Waals surface area contributed by atoms with Crippen LogP contribution in [0.15, 0.2) is 24.3 Å². The second-order valence-corrected chi connectivity index (χ2v) is 7.22. The van der Waals surface area contributed by atoms with Crippen molar-refractivity contribution < 1.29 is 4.74 Å². The summed E-state index contributed by atoms with van der Waals surface area (Å²) in [6.45, 7) is 7.78. The third kappa shape index (κ3) is 4.93. The molecule has 0 aromatic heterocycles. The molecule has 2 heterocycles. The lowest BCUT2D eigenvalue weighted by molar-refractivity contribution is 0.0457. The van der Waals surface area contributed by atoms with Crippen molar-refractivity contribution in [1.29, 1.82) is 0 Å². The van der Waals surface area contributed by atoms with Gasteiger partial charge in [-0.25, -0.2) is 0 Å². The SMILES string of the molecule is CN(C)CCOc1ccc(CN2CCN3CCCC[C@@H]3C2)cc1. The first-order valence-corrected chi connectivity index (χ1v) is 9.03. The van der Waals surface area contributed by atoms with Crippen LogP contribution in [0, 0.1) is 0 Å². The molecule has 128 valence electrons. The van der Waals surface area contributed by atoms with Crippen LogP contribution < -0.4 is 4.74 Å². The summed E-state index contributed by atoms with van der Waals surface area (Å²) in [6, 6.07) is 9.46. The van der Waals surface area contributed by atoms with Gasteiger partial charge in [0.1, 0.15) is 12.4 Å². The van der Waals surface area contributed by atoms with E-state index in [1.165, 1.54) is 51.0 Å². The van der Waals surface area contributed by atoms with E-state index in [0.29, 0.717) is 0 Å². The van der Waals surface area contributed by atoms with Crippen LogP contribution in [0.3, 0.4) is 0 Å². The van der Waals surface area contributed by atoms with Crippen molar-refractivity contribution in [3.05, 3.63) is 29.8 Å². The molecule has 0 amide bonds. The van der Waals surface area contributed by atoms with E-state index in [1.807, 2.05) is 0 Å². The minimum Gasteiger partial charge on any atom is -0.492 e. The molecule has 0 saturated carbocycles. The first-order valence-electron chi connectivity index (χ1n) is 9.03. The summed E-state index contributed by atoms with van der Waals surface area (Å²) in [5, 5.41) is 0. The van der Waals surface area contributed by atoms with Gasteiger partial charge in [-0.15, -0.1) is 0 Å². The summed E-state index contributed by atoms with van der Waals surface area (Å²) in [6.07, 6.45) is 4.19. The first kappa shape index (κ1) is 16.7. The van der Waals surface area contributed by atoms with E-state index in [-0.39, 0.29) is 0 Å². The maximum Gasteiger partial charge on any atom is 0.119 e. The van der Waals surface area contributed by atoms with Crippen molar-refractivity contribution in [3.63, 3.8) is 0 Å². The monoisotopic (exact) mass is 317 g/mol. The second-order valence-electron chi connectivity index (χ2n) is 7.22. The van der Waals surface area contributed by atoms with E-state index in [2.05, 4.69) is 53.1 Å². The Bertz CT molecular complexity index is 474. The lowest BCUT2D eigenvalue weighted by Gasteiger charge is -2.44. The van der Waals surface area contributed by atoms with E-state index in [0.717, 1.165) is 31.5 Å². The minimum absolute atomic E-state index is 0.746. The molecule has 3 rings (SSSR count). The Labute approximate surface area is 141 Å². The molecule has 0 aliphatic carbocycles. The van der Waals surface area contributed by atoms with E-state index < -0.39 is 0 Å². The topological polar surface area (TPSA) is 19.0 Å². The van der Waals surface area contributed by atoms with Crippen molar-refractivity contribution in [3.8, 4) is 5.75 Å². The molecular formula is C19H31N3O. The molecule has 0 radical (unpaired) electrons. The lowest BCUT2D eigenvalue weighted by atomic mass is 9.99. The third-order valence-corrected chi connectivity index (χ3v) is 5.06. The van der Waals surface area contributed by atoms with Crippen LogP contribution in [0.2, 0.25) is 0 Å². The molecule has 1 aromatic rings. The molecule has 2 aliphatic rings. The average Bonchev–Trinajstić information content (AvgIpc) is 2.56. The van der Waals surface area contributed by atoms with E-state index in [4.69, 9.17) is 4.74 Å². The zero-order valence-corrected chi connectivity index (χ0v) is 14.7. The third-order valence-electron chi connectivity index (χ3n) is 5.06. The highest BCUT2D eigenvalue weighted by atomic mass is 16.5. The second kappa shape index (κ2) is 8.13. The predicted octanol–water partition coefficient (Wildman–Crippen LogP) is 2.30. The molecule has 4 nitrogen and oxygen atoms in total. The summed E-state index contributed by atoms with van der Waals surface area (Å²) in [5.41, 5.74) is 1.40. The van der Waals surface area contributed by atoms with Crippen molar-refractivity contribution in [1.82, 2.24) is 14.7 Å². The molecule has 0 unspecified atom stereocenters. The fraction of sp³-hybridized carbons (Fsp3) is 0.684. The van der Waals surface area contributed by atoms with Gasteiger partial charge in [0.25, 0.3) is 0 Å². The summed E-state index contributed by atoms with van der Waals surface area (Å²) in [5.74, 6) is 0.979. The molecule has 23 heavy (non-hydrogen) atoms. The zero-order chi connectivity index (χ0) is 16.1. The average molecular weight is 317 g/mol. The quantitative estimate of drug-likeness (QED) is 0.801. The van der Waals surface area contributed by atoms with Gasteiger partial charge in [-0.05, 0) is 51.2 Å². The number of likely N-dealkylation sites (N-methyl/N-ethyl adjacent to an activating group) is 1. The molecule has 0 N–H and O–H groups in total. The Morgan fingerprint density at radius 2 is 1.91 bits per heavy atom. The van der Waals surface area contributed by atoms with Crippen LogP contribution in [0.5, 0.6) is 5.75 Å². The molecule has 0 bridgehead atoms. The maximum absolute atomic E-state index is 5.77. The van der Waals surface area contributed by atoms with E-state index in [1.54, 1.807) is 0 Å². The first-order chi connectivity index (χ1) is 11.2. The molecule has 2 fully saturated rings. The number of fused-ring (bicyclic) bond motifs is 1. The molecule has 1 aromatic carbocycles. The van der Waals surface area contributed by atoms with Crippen LogP contribution >= 0.6 is 0 Å². The Kier molecular flexibility index (Phi) is 5.92. The van der Waals surface area contributed by atoms with E-state index in [9.17, 15) is 0 Å². The zero-order valence-electron chi connectivity index (χ0n) is 14.7. The van der Waals surface area contributed by atoms with Gasteiger partial charge in [-0.1, -0.05) is 18.6 Å². The van der Waals surface area contributed by atoms with Gasteiger partial charge in [-0.3, -0.25) is 9.80 Å². The molecule has 4 heteroatoms. The van der Waals surface area contributed by atoms with Crippen molar-refractivity contribution in [2.24, 2.45) is 0 Å². The van der Waals surface area contributed by atoms with Crippen molar-refractivity contribution in [2.75, 3.05) is 53.4 Å². The predicted molar refractivity (Wildman–Crippen MR) is 95.0 cm³/mol. The van der Waals surface area contributed by atoms with Gasteiger partial charge in [0.15, 0.2) is 0 Å². The summed E-state index contributed by atoms with van der Waals surface area (Å²) in [4.78, 5) is 7.45. The van der Waals surface area contributed by atoms with Crippen molar-refractivity contribution in [2.45, 2.75) is 31.8 Å². The summed E-state index contributed by atoms with van der Waals surface area (Å²) in [7, 11) is 4.14. The standard InChI is InChI=1S/C19H31N3O/c1-20(2)13-14-23-19-8-6-17(7-9-19)15-21-11-12-22-10-4-3-5-18(22)16-21/h6-9,18H,3-5,10-16H2,1-2H3/t18-/m1/s1. The van der Waals surface area contributed by atoms with Crippen molar-refractivity contribution >= 4 is 0 Å². The van der Waals surface area contributed by atoms with E-state index >= 15 is 0 Å². The van der Waals surface area contributed by atoms with Gasteiger partial charge in [-0.2, -0.15) is 0 Å². The normalized spacial score (nSPS) is 23.0. The van der Waals surface area contributed by atoms with Gasteiger partial charge in [0.05, 0.1) is 0 Å². The van der Waals surface area contributed by atoms with Crippen LogP contribution in [0.4, 0.5) is 0 Å². The highest BCUT2D eigenvalue weighted by molar-refractivity contribution is 5.27. The van der Waals surface area contributed by atoms with Crippen LogP contribution in [-0.2, 0) is 6.54 Å². The maximum atomic E-state index is 5.77. The fourth-order valence-corrected chi connectivity index (χ4v) is 3.66. The fourth-order valence-electron chi connectivity index (χ4n) is 3.66. The number of piperidine rings is 1. The Morgan fingerprint density at radius 1 is 1.09 bits per heavy atom. The number of hydrogen-bond acceptors (Lipinski definition) is 4. The highest BCUT2D eigenvalue weighted by Crippen LogP contribution is 2.22. The molecule has 0 spiro atoms. The number of piperazine rings is 1. The van der Waals surface area contributed by atoms with Gasteiger partial charge in [0.2, 0.25) is 0 Å². The van der Waals surface area contributed by atoms with Gasteiger partial charge < -0.3 is 9.64 Å². The Hall–Kier alpha value is -1.10. The Balaban J connectivity index is 1.46. The smallest absolute Gasteiger partial charge is 0.119 e. The highest BCUT2D eigenvalue weighted by Gasteiger charge is 2.28. The number of hydrogen-bond donors (Lipinski definition) is 0. The van der Waals surface area contributed by atoms with Gasteiger partial charge >= 0.3 is 0 Å². The molecule has 2 aliphatic heterocycles. The lowest BCUT2D eigenvalue weighted by Crippen LogP contribution is -2.54. The number of ether oxygens (including phenoxy) is 1. The number of rotatable bonds is 6. The Morgan fingerprint density at radius 3 is 2.70 bits per heavy atom. The minimum atomic E-state index is 0.746. The van der Waals surface area contributed by atoms with Crippen LogP contribution in [0.1, 0.15) is 24.8 Å². The number of nitrogens with zero attached hydrogens (tertiary/aromatic N) is 3. The van der Waals surface area contributed by atoms with Crippen LogP contribution in [-0.4, -0.2) is 74.2 Å². The summed E-state index contributed by atoms with van der Waals surface area (Å²) < 4.78 is 5.77. The molecular weight excluding hydrogens is 286 g/mol. The number of benzene rings is 1. The summed E-state index contributed by atoms with van der Waals surface area (Å²) >= 11 is 0. The molecule has 2 saturated heterocycles.